The number of aromatic nitrogens is 2. The molecule has 4 rings (SSSR count). The summed E-state index contributed by atoms with van der Waals surface area (Å²) >= 11 is 1.70. The van der Waals surface area contributed by atoms with Crippen molar-refractivity contribution in [2.75, 3.05) is 0 Å². The number of nitrogens with zero attached hydrogens (tertiary/aromatic N) is 2. The molecule has 3 nitrogen and oxygen atoms in total. The molecule has 4 heteroatoms. The van der Waals surface area contributed by atoms with Gasteiger partial charge in [0.1, 0.15) is 5.65 Å². The largest absolute Gasteiger partial charge is 0.370 e. The second-order valence-electron chi connectivity index (χ2n) is 6.33. The maximum Gasteiger partial charge on any atom is 0.137 e. The first-order valence-corrected chi connectivity index (χ1v) is 9.28. The van der Waals surface area contributed by atoms with E-state index in [2.05, 4.69) is 77.7 Å². The van der Waals surface area contributed by atoms with Crippen LogP contribution < -0.4 is 0 Å². The van der Waals surface area contributed by atoms with Crippen molar-refractivity contribution in [3.8, 4) is 11.3 Å². The predicted octanol–water partition coefficient (Wildman–Crippen LogP) is 5.40. The number of ether oxygens (including phenoxy) is 1. The SMILES string of the molecule is Cc1ccc(-c2nc3ccc(C)cn3c2COCc2ccsc2)cc1. The lowest BCUT2D eigenvalue weighted by Crippen LogP contribution is -1.99. The summed E-state index contributed by atoms with van der Waals surface area (Å²) in [5.74, 6) is 0. The number of thiophene rings is 1. The lowest BCUT2D eigenvalue weighted by Gasteiger charge is -2.07. The average molecular weight is 348 g/mol. The van der Waals surface area contributed by atoms with E-state index < -0.39 is 0 Å². The van der Waals surface area contributed by atoms with Gasteiger partial charge in [-0.2, -0.15) is 11.3 Å². The third-order valence-electron chi connectivity index (χ3n) is 4.28. The highest BCUT2D eigenvalue weighted by molar-refractivity contribution is 7.07. The van der Waals surface area contributed by atoms with Crippen molar-refractivity contribution in [3.05, 3.63) is 81.8 Å². The monoisotopic (exact) mass is 348 g/mol. The highest BCUT2D eigenvalue weighted by atomic mass is 32.1. The molecular weight excluding hydrogens is 328 g/mol. The van der Waals surface area contributed by atoms with E-state index in [-0.39, 0.29) is 0 Å². The summed E-state index contributed by atoms with van der Waals surface area (Å²) in [7, 11) is 0. The molecule has 1 aromatic carbocycles. The van der Waals surface area contributed by atoms with Crippen molar-refractivity contribution in [1.29, 1.82) is 0 Å². The summed E-state index contributed by atoms with van der Waals surface area (Å²) < 4.78 is 8.15. The Morgan fingerprint density at radius 1 is 0.960 bits per heavy atom. The highest BCUT2D eigenvalue weighted by Crippen LogP contribution is 2.26. The lowest BCUT2D eigenvalue weighted by molar-refractivity contribution is 0.104. The third-order valence-corrected chi connectivity index (χ3v) is 5.01. The van der Waals surface area contributed by atoms with Crippen LogP contribution in [0.4, 0.5) is 0 Å². The van der Waals surface area contributed by atoms with Crippen LogP contribution in [0.3, 0.4) is 0 Å². The van der Waals surface area contributed by atoms with E-state index in [1.807, 2.05) is 0 Å². The predicted molar refractivity (Wildman–Crippen MR) is 103 cm³/mol. The summed E-state index contributed by atoms with van der Waals surface area (Å²) in [4.78, 5) is 4.85. The first-order chi connectivity index (χ1) is 12.2. The first kappa shape index (κ1) is 16.1. The molecule has 0 aliphatic carbocycles. The van der Waals surface area contributed by atoms with Gasteiger partial charge in [-0.05, 0) is 47.9 Å². The van der Waals surface area contributed by atoms with Crippen LogP contribution in [0.15, 0.2) is 59.4 Å². The van der Waals surface area contributed by atoms with Crippen LogP contribution in [-0.2, 0) is 18.0 Å². The van der Waals surface area contributed by atoms with Gasteiger partial charge in [0.05, 0.1) is 24.6 Å². The molecule has 0 atom stereocenters. The van der Waals surface area contributed by atoms with Crippen LogP contribution in [0.25, 0.3) is 16.9 Å². The van der Waals surface area contributed by atoms with Crippen LogP contribution in [-0.4, -0.2) is 9.38 Å². The minimum absolute atomic E-state index is 0.531. The Balaban J connectivity index is 1.71. The van der Waals surface area contributed by atoms with Crippen LogP contribution in [0.2, 0.25) is 0 Å². The summed E-state index contributed by atoms with van der Waals surface area (Å²) in [5, 5.41) is 4.20. The number of aryl methyl sites for hydroxylation is 2. The minimum atomic E-state index is 0.531. The lowest BCUT2D eigenvalue weighted by atomic mass is 10.1. The smallest absolute Gasteiger partial charge is 0.137 e. The molecule has 0 amide bonds. The zero-order valence-corrected chi connectivity index (χ0v) is 15.2. The summed E-state index contributed by atoms with van der Waals surface area (Å²) in [5.41, 5.74) is 7.84. The van der Waals surface area contributed by atoms with Gasteiger partial charge in [-0.1, -0.05) is 35.9 Å². The molecule has 25 heavy (non-hydrogen) atoms. The van der Waals surface area contributed by atoms with E-state index in [9.17, 15) is 0 Å². The van der Waals surface area contributed by atoms with Crippen molar-refractivity contribution < 1.29 is 4.74 Å². The fourth-order valence-corrected chi connectivity index (χ4v) is 3.57. The Kier molecular flexibility index (Phi) is 4.38. The molecule has 3 heterocycles. The van der Waals surface area contributed by atoms with Gasteiger partial charge in [0, 0.05) is 11.8 Å². The second kappa shape index (κ2) is 6.82. The van der Waals surface area contributed by atoms with Gasteiger partial charge < -0.3 is 9.14 Å². The summed E-state index contributed by atoms with van der Waals surface area (Å²) in [6.45, 7) is 5.35. The number of fused-ring (bicyclic) bond motifs is 1. The van der Waals surface area contributed by atoms with Gasteiger partial charge in [-0.25, -0.2) is 4.98 Å². The topological polar surface area (TPSA) is 26.5 Å². The van der Waals surface area contributed by atoms with Crippen LogP contribution in [0.1, 0.15) is 22.4 Å². The molecule has 0 saturated carbocycles. The number of imidazole rings is 1. The van der Waals surface area contributed by atoms with E-state index >= 15 is 0 Å². The third kappa shape index (κ3) is 3.36. The van der Waals surface area contributed by atoms with Gasteiger partial charge in [0.2, 0.25) is 0 Å². The summed E-state index contributed by atoms with van der Waals surface area (Å²) in [6.07, 6.45) is 2.13. The molecule has 0 spiro atoms. The van der Waals surface area contributed by atoms with E-state index in [0.29, 0.717) is 13.2 Å². The van der Waals surface area contributed by atoms with E-state index in [1.165, 1.54) is 16.7 Å². The quantitative estimate of drug-likeness (QED) is 0.483. The zero-order valence-electron chi connectivity index (χ0n) is 14.4. The van der Waals surface area contributed by atoms with Crippen LogP contribution in [0, 0.1) is 13.8 Å². The Labute approximate surface area is 151 Å². The van der Waals surface area contributed by atoms with Gasteiger partial charge >= 0.3 is 0 Å². The van der Waals surface area contributed by atoms with Gasteiger partial charge in [0.15, 0.2) is 0 Å². The first-order valence-electron chi connectivity index (χ1n) is 8.34. The maximum absolute atomic E-state index is 6.00. The molecule has 0 aliphatic rings. The number of rotatable bonds is 5. The fourth-order valence-electron chi connectivity index (χ4n) is 2.92. The molecule has 0 radical (unpaired) electrons. The zero-order chi connectivity index (χ0) is 17.2. The number of benzene rings is 1. The highest BCUT2D eigenvalue weighted by Gasteiger charge is 2.14. The van der Waals surface area contributed by atoms with Gasteiger partial charge in [-0.15, -0.1) is 0 Å². The molecular formula is C21H20N2OS. The standard InChI is InChI=1S/C21H20N2OS/c1-15-3-6-18(7-4-15)21-19(13-24-12-17-9-10-25-14-17)23-11-16(2)5-8-20(23)22-21/h3-11,14H,12-13H2,1-2H3. The normalized spacial score (nSPS) is 11.3. The molecule has 0 unspecified atom stereocenters. The fraction of sp³-hybridized carbons (Fsp3) is 0.190. The maximum atomic E-state index is 6.00. The molecule has 0 fully saturated rings. The molecule has 4 aromatic rings. The number of pyridine rings is 1. The number of hydrogen-bond donors (Lipinski definition) is 0. The van der Waals surface area contributed by atoms with Crippen molar-refractivity contribution in [2.45, 2.75) is 27.1 Å². The summed E-state index contributed by atoms with van der Waals surface area (Å²) in [6, 6.07) is 14.8. The van der Waals surface area contributed by atoms with E-state index in [0.717, 1.165) is 22.6 Å². The Morgan fingerprint density at radius 2 is 1.76 bits per heavy atom. The Bertz CT molecular complexity index is 985. The molecule has 0 bridgehead atoms. The van der Waals surface area contributed by atoms with Crippen molar-refractivity contribution in [2.24, 2.45) is 0 Å². The molecule has 126 valence electrons. The molecule has 0 aliphatic heterocycles. The molecule has 0 N–H and O–H groups in total. The molecule has 0 saturated heterocycles. The van der Waals surface area contributed by atoms with Gasteiger partial charge in [0.25, 0.3) is 0 Å². The van der Waals surface area contributed by atoms with E-state index in [1.54, 1.807) is 11.3 Å². The van der Waals surface area contributed by atoms with E-state index in [4.69, 9.17) is 9.72 Å². The second-order valence-corrected chi connectivity index (χ2v) is 7.11. The average Bonchev–Trinajstić information content (AvgIpc) is 3.24. The van der Waals surface area contributed by atoms with Crippen molar-refractivity contribution >= 4 is 17.0 Å². The van der Waals surface area contributed by atoms with Crippen molar-refractivity contribution in [1.82, 2.24) is 9.38 Å². The van der Waals surface area contributed by atoms with Crippen LogP contribution in [0.5, 0.6) is 0 Å². The van der Waals surface area contributed by atoms with Crippen molar-refractivity contribution in [3.63, 3.8) is 0 Å². The minimum Gasteiger partial charge on any atom is -0.370 e. The Hall–Kier alpha value is -2.43. The Morgan fingerprint density at radius 3 is 2.52 bits per heavy atom. The number of hydrogen-bond acceptors (Lipinski definition) is 3. The molecule has 3 aromatic heterocycles. The van der Waals surface area contributed by atoms with Gasteiger partial charge in [-0.3, -0.25) is 0 Å². The van der Waals surface area contributed by atoms with Crippen LogP contribution >= 0.6 is 11.3 Å².